The van der Waals surface area contributed by atoms with E-state index in [1.54, 1.807) is 11.8 Å². The Kier molecular flexibility index (Phi) is 5.33. The number of alkyl halides is 3. The summed E-state index contributed by atoms with van der Waals surface area (Å²) in [5.74, 6) is -0.617. The highest BCUT2D eigenvalue weighted by Gasteiger charge is 2.61. The lowest BCUT2D eigenvalue weighted by atomic mass is 9.74. The average molecular weight is 493 g/mol. The molecular formula is C22H23F4N7O2. The molecule has 5 rings (SSSR count). The summed E-state index contributed by atoms with van der Waals surface area (Å²) in [4.78, 5) is 18.9. The second-order valence-electron chi connectivity index (χ2n) is 9.22. The van der Waals surface area contributed by atoms with Crippen LogP contribution in [-0.2, 0) is 18.8 Å². The number of hydrogen-bond donors (Lipinski definition) is 1. The van der Waals surface area contributed by atoms with Crippen molar-refractivity contribution >= 4 is 11.7 Å². The number of nitrogens with zero attached hydrogens (tertiary/aromatic N) is 6. The second kappa shape index (κ2) is 8.02. The molecule has 1 aliphatic heterocycles. The van der Waals surface area contributed by atoms with Crippen LogP contribution in [0.5, 0.6) is 0 Å². The van der Waals surface area contributed by atoms with Gasteiger partial charge in [0.15, 0.2) is 5.82 Å². The van der Waals surface area contributed by atoms with E-state index in [4.69, 9.17) is 4.42 Å². The van der Waals surface area contributed by atoms with Crippen LogP contribution in [0.25, 0.3) is 11.4 Å². The van der Waals surface area contributed by atoms with E-state index in [-0.39, 0.29) is 17.8 Å². The maximum atomic E-state index is 14.9. The molecule has 0 unspecified atom stereocenters. The van der Waals surface area contributed by atoms with Gasteiger partial charge in [-0.1, -0.05) is 13.3 Å². The molecule has 2 fully saturated rings. The molecule has 1 aliphatic carbocycles. The van der Waals surface area contributed by atoms with Crippen LogP contribution in [0.2, 0.25) is 0 Å². The van der Waals surface area contributed by atoms with Crippen LogP contribution in [0.15, 0.2) is 22.9 Å². The second-order valence-corrected chi connectivity index (χ2v) is 9.22. The fourth-order valence-electron chi connectivity index (χ4n) is 5.18. The minimum Gasteiger partial charge on any atom is -0.423 e. The molecule has 1 N–H and O–H groups in total. The van der Waals surface area contributed by atoms with Gasteiger partial charge in [0, 0.05) is 32.0 Å². The molecular weight excluding hydrogens is 470 g/mol. The van der Waals surface area contributed by atoms with Gasteiger partial charge >= 0.3 is 12.2 Å². The lowest BCUT2D eigenvalue weighted by Crippen LogP contribution is -2.67. The van der Waals surface area contributed by atoms with Crippen LogP contribution in [0.4, 0.5) is 28.0 Å². The van der Waals surface area contributed by atoms with Crippen molar-refractivity contribution in [1.82, 2.24) is 29.9 Å². The Hall–Kier alpha value is -3.51. The Balaban J connectivity index is 1.52. The molecule has 0 radical (unpaired) electrons. The number of halogens is 4. The van der Waals surface area contributed by atoms with Gasteiger partial charge in [0.25, 0.3) is 0 Å². The summed E-state index contributed by atoms with van der Waals surface area (Å²) in [5, 5.41) is 14.4. The number of aryl methyl sites for hydroxylation is 2. The smallest absolute Gasteiger partial charge is 0.417 e. The van der Waals surface area contributed by atoms with Gasteiger partial charge in [-0.25, -0.2) is 14.2 Å². The summed E-state index contributed by atoms with van der Waals surface area (Å²) < 4.78 is 62.7. The first-order chi connectivity index (χ1) is 16.5. The maximum Gasteiger partial charge on any atom is 0.417 e. The van der Waals surface area contributed by atoms with Crippen LogP contribution in [0, 0.1) is 18.7 Å². The molecule has 3 atom stereocenters. The van der Waals surface area contributed by atoms with Gasteiger partial charge < -0.3 is 14.6 Å². The van der Waals surface area contributed by atoms with E-state index < -0.39 is 40.4 Å². The molecule has 2 amide bonds. The lowest BCUT2D eigenvalue weighted by molar-refractivity contribution is -0.137. The number of nitrogens with one attached hydrogen (secondary N) is 1. The van der Waals surface area contributed by atoms with Crippen molar-refractivity contribution in [2.24, 2.45) is 13.0 Å². The predicted octanol–water partition coefficient (Wildman–Crippen LogP) is 4.65. The van der Waals surface area contributed by atoms with Crippen molar-refractivity contribution in [3.63, 3.8) is 0 Å². The van der Waals surface area contributed by atoms with Crippen molar-refractivity contribution in [2.75, 3.05) is 5.32 Å². The SMILES string of the molecule is Cc1nnc([C@@]23CCC[C@@H](C)[C@@H](C2)N3C(=O)Nc2cc(-c3ncn(C)n3)c(C(F)(F)F)cc2F)o1. The molecule has 186 valence electrons. The van der Waals surface area contributed by atoms with Gasteiger partial charge in [-0.3, -0.25) is 4.68 Å². The number of aromatic nitrogens is 5. The van der Waals surface area contributed by atoms with Crippen LogP contribution in [0.1, 0.15) is 50.0 Å². The van der Waals surface area contributed by atoms with E-state index in [1.165, 1.54) is 18.1 Å². The molecule has 3 heterocycles. The van der Waals surface area contributed by atoms with E-state index in [0.717, 1.165) is 18.9 Å². The highest BCUT2D eigenvalue weighted by atomic mass is 19.4. The quantitative estimate of drug-likeness (QED) is 0.533. The Morgan fingerprint density at radius 3 is 2.69 bits per heavy atom. The summed E-state index contributed by atoms with van der Waals surface area (Å²) in [6.45, 7) is 3.68. The first-order valence-corrected chi connectivity index (χ1v) is 11.2. The van der Waals surface area contributed by atoms with Crippen LogP contribution < -0.4 is 5.32 Å². The predicted molar refractivity (Wildman–Crippen MR) is 114 cm³/mol. The summed E-state index contributed by atoms with van der Waals surface area (Å²) in [6, 6.07) is 0.468. The number of amides is 2. The first-order valence-electron chi connectivity index (χ1n) is 11.2. The van der Waals surface area contributed by atoms with E-state index in [2.05, 4.69) is 25.6 Å². The molecule has 1 saturated heterocycles. The summed E-state index contributed by atoms with van der Waals surface area (Å²) in [5.41, 5.74) is -2.91. The fraction of sp³-hybridized carbons (Fsp3) is 0.500. The highest BCUT2D eigenvalue weighted by Crippen LogP contribution is 2.54. The number of rotatable bonds is 3. The molecule has 9 nitrogen and oxygen atoms in total. The Morgan fingerprint density at radius 2 is 2.06 bits per heavy atom. The molecule has 3 aromatic rings. The van der Waals surface area contributed by atoms with E-state index in [1.807, 2.05) is 6.92 Å². The monoisotopic (exact) mass is 493 g/mol. The number of carbonyl (C=O) groups is 1. The highest BCUT2D eigenvalue weighted by molar-refractivity contribution is 5.92. The van der Waals surface area contributed by atoms with Gasteiger partial charge in [-0.15, -0.1) is 10.2 Å². The van der Waals surface area contributed by atoms with Gasteiger partial charge in [0.1, 0.15) is 17.7 Å². The lowest BCUT2D eigenvalue weighted by Gasteiger charge is -2.56. The van der Waals surface area contributed by atoms with E-state index in [9.17, 15) is 22.4 Å². The number of hydrogen-bond acceptors (Lipinski definition) is 6. The van der Waals surface area contributed by atoms with Crippen molar-refractivity contribution in [2.45, 2.75) is 57.3 Å². The third kappa shape index (κ3) is 3.82. The number of likely N-dealkylation sites (tertiary alicyclic amines) is 1. The fourth-order valence-corrected chi connectivity index (χ4v) is 5.18. The first kappa shape index (κ1) is 23.2. The topological polar surface area (TPSA) is 102 Å². The minimum absolute atomic E-state index is 0.154. The molecule has 2 aliphatic rings. The van der Waals surface area contributed by atoms with Crippen molar-refractivity contribution in [1.29, 1.82) is 0 Å². The number of urea groups is 1. The standard InChI is InChI=1S/C22H23F4N7O2/c1-11-5-4-6-21(19-30-29-12(2)35-19)9-17(11)33(21)20(34)28-16-7-13(18-27-10-32(3)31-18)14(8-15(16)23)22(24,25)26/h7-8,10-11,17H,4-6,9H2,1-3H3,(H,28,34)/t11-,17-,21-/m1/s1. The van der Waals surface area contributed by atoms with Crippen LogP contribution in [0.3, 0.4) is 0 Å². The number of fused-ring (bicyclic) bond motifs is 2. The molecule has 2 bridgehead atoms. The number of anilines is 1. The molecule has 13 heteroatoms. The average Bonchev–Trinajstić information content (AvgIpc) is 3.31. The zero-order valence-electron chi connectivity index (χ0n) is 19.2. The molecule has 1 saturated carbocycles. The maximum absolute atomic E-state index is 14.9. The summed E-state index contributed by atoms with van der Waals surface area (Å²) in [6.07, 6.45) is -0.706. The Bertz CT molecular complexity index is 1290. The molecule has 0 spiro atoms. The molecule has 2 aromatic heterocycles. The molecule has 35 heavy (non-hydrogen) atoms. The Labute approximate surface area is 197 Å². The van der Waals surface area contributed by atoms with Crippen LogP contribution >= 0.6 is 0 Å². The zero-order chi connectivity index (χ0) is 25.1. The number of benzene rings is 1. The van der Waals surface area contributed by atoms with Gasteiger partial charge in [0.05, 0.1) is 11.3 Å². The minimum atomic E-state index is -4.85. The summed E-state index contributed by atoms with van der Waals surface area (Å²) in [7, 11) is 1.50. The van der Waals surface area contributed by atoms with Crippen molar-refractivity contribution in [3.8, 4) is 11.4 Å². The third-order valence-corrected chi connectivity index (χ3v) is 6.88. The summed E-state index contributed by atoms with van der Waals surface area (Å²) >= 11 is 0. The van der Waals surface area contributed by atoms with Crippen molar-refractivity contribution in [3.05, 3.63) is 41.6 Å². The number of carbonyl (C=O) groups excluding carboxylic acids is 1. The third-order valence-electron chi connectivity index (χ3n) is 6.88. The molecule has 1 aromatic carbocycles. The van der Waals surface area contributed by atoms with Gasteiger partial charge in [-0.2, -0.15) is 18.3 Å². The van der Waals surface area contributed by atoms with Gasteiger partial charge in [-0.05, 0) is 30.9 Å². The largest absolute Gasteiger partial charge is 0.423 e. The normalized spacial score (nSPS) is 24.1. The van der Waals surface area contributed by atoms with Gasteiger partial charge in [0.2, 0.25) is 11.8 Å². The van der Waals surface area contributed by atoms with Crippen molar-refractivity contribution < 1.29 is 26.8 Å². The zero-order valence-corrected chi connectivity index (χ0v) is 19.2. The Morgan fingerprint density at radius 1 is 1.29 bits per heavy atom. The van der Waals surface area contributed by atoms with E-state index >= 15 is 0 Å². The van der Waals surface area contributed by atoms with E-state index in [0.29, 0.717) is 30.7 Å². The van der Waals surface area contributed by atoms with Crippen LogP contribution in [-0.4, -0.2) is 41.9 Å².